The van der Waals surface area contributed by atoms with Crippen molar-refractivity contribution in [3.63, 3.8) is 0 Å². The lowest BCUT2D eigenvalue weighted by Crippen LogP contribution is -2.53. The van der Waals surface area contributed by atoms with Crippen LogP contribution >= 0.6 is 46.9 Å². The standard InChI is InChI=1S/C15H23ClN4OS.HI/c1-3-17-15(18-7-6-13-4-5-14(16)22-13)20-10-8-19(9-11-20)12(2)21;/h4-5H,3,6-11H2,1-2H3,(H,17,18);1H. The molecule has 1 aromatic rings. The van der Waals surface area contributed by atoms with Crippen molar-refractivity contribution >= 4 is 58.8 Å². The number of nitrogens with one attached hydrogen (secondary N) is 1. The van der Waals surface area contributed by atoms with Crippen LogP contribution in [0.1, 0.15) is 18.7 Å². The summed E-state index contributed by atoms with van der Waals surface area (Å²) in [5.41, 5.74) is 0. The molecule has 1 aromatic heterocycles. The molecule has 1 saturated heterocycles. The van der Waals surface area contributed by atoms with E-state index in [1.54, 1.807) is 18.3 Å². The molecule has 0 bridgehead atoms. The van der Waals surface area contributed by atoms with Crippen molar-refractivity contribution in [1.82, 2.24) is 15.1 Å². The maximum atomic E-state index is 11.4. The van der Waals surface area contributed by atoms with E-state index >= 15 is 0 Å². The van der Waals surface area contributed by atoms with E-state index in [9.17, 15) is 4.79 Å². The third-order valence-corrected chi connectivity index (χ3v) is 4.90. The van der Waals surface area contributed by atoms with E-state index in [1.165, 1.54) is 4.88 Å². The fraction of sp³-hybridized carbons (Fsp3) is 0.600. The first-order valence-corrected chi connectivity index (χ1v) is 8.82. The van der Waals surface area contributed by atoms with Crippen molar-refractivity contribution in [3.05, 3.63) is 21.3 Å². The van der Waals surface area contributed by atoms with Crippen molar-refractivity contribution in [2.75, 3.05) is 39.3 Å². The SMILES string of the molecule is CCNC(=NCCc1ccc(Cl)s1)N1CCN(C(C)=O)CC1.I. The van der Waals surface area contributed by atoms with Crippen LogP contribution in [0.3, 0.4) is 0 Å². The van der Waals surface area contributed by atoms with Crippen LogP contribution in [0.5, 0.6) is 0 Å². The van der Waals surface area contributed by atoms with Crippen molar-refractivity contribution in [2.45, 2.75) is 20.3 Å². The quantitative estimate of drug-likeness (QED) is 0.418. The Morgan fingerprint density at radius 3 is 2.48 bits per heavy atom. The lowest BCUT2D eigenvalue weighted by Gasteiger charge is -2.36. The first-order valence-electron chi connectivity index (χ1n) is 7.63. The van der Waals surface area contributed by atoms with Crippen molar-refractivity contribution in [3.8, 4) is 0 Å². The van der Waals surface area contributed by atoms with Gasteiger partial charge in [0.05, 0.1) is 4.34 Å². The second-order valence-electron chi connectivity index (χ2n) is 5.18. The fourth-order valence-corrected chi connectivity index (χ4v) is 3.49. The number of hydrogen-bond donors (Lipinski definition) is 1. The molecule has 1 N–H and O–H groups in total. The van der Waals surface area contributed by atoms with Gasteiger partial charge in [0.1, 0.15) is 0 Å². The Bertz CT molecular complexity index is 529. The minimum absolute atomic E-state index is 0. The Hall–Kier alpha value is -0.540. The first-order chi connectivity index (χ1) is 10.6. The Labute approximate surface area is 164 Å². The number of carbonyl (C=O) groups is 1. The highest BCUT2D eigenvalue weighted by Crippen LogP contribution is 2.21. The molecule has 1 aliphatic heterocycles. The smallest absolute Gasteiger partial charge is 0.219 e. The molecule has 130 valence electrons. The molecule has 0 unspecified atom stereocenters. The van der Waals surface area contributed by atoms with Gasteiger partial charge in [0.2, 0.25) is 5.91 Å². The van der Waals surface area contributed by atoms with E-state index in [-0.39, 0.29) is 29.9 Å². The minimum atomic E-state index is 0. The van der Waals surface area contributed by atoms with E-state index in [1.807, 2.05) is 11.0 Å². The first kappa shape index (κ1) is 20.5. The number of piperazine rings is 1. The van der Waals surface area contributed by atoms with Gasteiger partial charge in [-0.1, -0.05) is 11.6 Å². The zero-order chi connectivity index (χ0) is 15.9. The Morgan fingerprint density at radius 2 is 1.96 bits per heavy atom. The topological polar surface area (TPSA) is 47.9 Å². The fourth-order valence-electron chi connectivity index (χ4n) is 2.42. The molecule has 0 radical (unpaired) electrons. The molecule has 2 rings (SSSR count). The number of guanidine groups is 1. The maximum absolute atomic E-state index is 11.4. The van der Waals surface area contributed by atoms with E-state index in [2.05, 4.69) is 23.2 Å². The van der Waals surface area contributed by atoms with Crippen LogP contribution in [-0.4, -0.2) is 60.9 Å². The highest BCUT2D eigenvalue weighted by atomic mass is 127. The third kappa shape index (κ3) is 6.46. The van der Waals surface area contributed by atoms with Gasteiger partial charge in [-0.25, -0.2) is 0 Å². The Kier molecular flexibility index (Phi) is 9.23. The monoisotopic (exact) mass is 470 g/mol. The van der Waals surface area contributed by atoms with E-state index in [0.29, 0.717) is 0 Å². The molecule has 2 heterocycles. The number of nitrogens with zero attached hydrogens (tertiary/aromatic N) is 3. The molecule has 1 aliphatic rings. The largest absolute Gasteiger partial charge is 0.357 e. The number of halogens is 2. The lowest BCUT2D eigenvalue weighted by atomic mass is 10.3. The highest BCUT2D eigenvalue weighted by Gasteiger charge is 2.20. The van der Waals surface area contributed by atoms with Crippen molar-refractivity contribution in [1.29, 1.82) is 0 Å². The van der Waals surface area contributed by atoms with Crippen LogP contribution in [0, 0.1) is 0 Å². The van der Waals surface area contributed by atoms with E-state index in [0.717, 1.165) is 56.0 Å². The molecule has 0 saturated carbocycles. The summed E-state index contributed by atoms with van der Waals surface area (Å²) >= 11 is 7.55. The number of amides is 1. The van der Waals surface area contributed by atoms with Crippen LogP contribution < -0.4 is 5.32 Å². The van der Waals surface area contributed by atoms with E-state index in [4.69, 9.17) is 16.6 Å². The zero-order valence-corrected chi connectivity index (χ0v) is 17.5. The zero-order valence-electron chi connectivity index (χ0n) is 13.5. The number of thiophene rings is 1. The highest BCUT2D eigenvalue weighted by molar-refractivity contribution is 14.0. The minimum Gasteiger partial charge on any atom is -0.357 e. The molecular weight excluding hydrogens is 447 g/mol. The predicted octanol–water partition coefficient (Wildman–Crippen LogP) is 2.69. The summed E-state index contributed by atoms with van der Waals surface area (Å²) in [5, 5.41) is 3.34. The summed E-state index contributed by atoms with van der Waals surface area (Å²) in [6.07, 6.45) is 0.902. The molecule has 0 spiro atoms. The molecule has 1 fully saturated rings. The molecule has 0 atom stereocenters. The van der Waals surface area contributed by atoms with Gasteiger partial charge in [0, 0.05) is 57.5 Å². The van der Waals surface area contributed by atoms with Crippen molar-refractivity contribution in [2.24, 2.45) is 4.99 Å². The summed E-state index contributed by atoms with van der Waals surface area (Å²) in [5.74, 6) is 1.09. The summed E-state index contributed by atoms with van der Waals surface area (Å²) in [6.45, 7) is 8.47. The molecule has 8 heteroatoms. The van der Waals surface area contributed by atoms with E-state index < -0.39 is 0 Å². The maximum Gasteiger partial charge on any atom is 0.219 e. The van der Waals surface area contributed by atoms with Gasteiger partial charge < -0.3 is 15.1 Å². The molecule has 5 nitrogen and oxygen atoms in total. The van der Waals surface area contributed by atoms with Gasteiger partial charge in [-0.05, 0) is 19.1 Å². The molecule has 23 heavy (non-hydrogen) atoms. The average molecular weight is 471 g/mol. The van der Waals surface area contributed by atoms with Gasteiger partial charge in [-0.15, -0.1) is 35.3 Å². The summed E-state index contributed by atoms with van der Waals surface area (Å²) in [4.78, 5) is 21.5. The van der Waals surface area contributed by atoms with Gasteiger partial charge in [0.25, 0.3) is 0 Å². The Balaban J connectivity index is 0.00000264. The normalized spacial score (nSPS) is 15.3. The van der Waals surface area contributed by atoms with Gasteiger partial charge in [-0.3, -0.25) is 9.79 Å². The van der Waals surface area contributed by atoms with Gasteiger partial charge in [-0.2, -0.15) is 0 Å². The summed E-state index contributed by atoms with van der Waals surface area (Å²) < 4.78 is 0.825. The Morgan fingerprint density at radius 1 is 1.30 bits per heavy atom. The molecule has 0 aliphatic carbocycles. The third-order valence-electron chi connectivity index (χ3n) is 3.61. The molecule has 0 aromatic carbocycles. The van der Waals surface area contributed by atoms with Crippen LogP contribution in [0.15, 0.2) is 17.1 Å². The molecular formula is C15H24ClIN4OS. The second kappa shape index (κ2) is 10.4. The van der Waals surface area contributed by atoms with Crippen LogP contribution in [0.4, 0.5) is 0 Å². The lowest BCUT2D eigenvalue weighted by molar-refractivity contribution is -0.130. The van der Waals surface area contributed by atoms with Crippen LogP contribution in [0.2, 0.25) is 4.34 Å². The number of aliphatic imine (C=N–C) groups is 1. The number of hydrogen-bond acceptors (Lipinski definition) is 3. The molecule has 1 amide bonds. The summed E-state index contributed by atoms with van der Waals surface area (Å²) in [6, 6.07) is 3.98. The predicted molar refractivity (Wildman–Crippen MR) is 108 cm³/mol. The summed E-state index contributed by atoms with van der Waals surface area (Å²) in [7, 11) is 0. The van der Waals surface area contributed by atoms with Gasteiger partial charge in [0.15, 0.2) is 5.96 Å². The second-order valence-corrected chi connectivity index (χ2v) is 6.98. The number of carbonyl (C=O) groups excluding carboxylic acids is 1. The van der Waals surface area contributed by atoms with Gasteiger partial charge >= 0.3 is 0 Å². The number of rotatable bonds is 4. The average Bonchev–Trinajstić information content (AvgIpc) is 2.92. The van der Waals surface area contributed by atoms with Crippen LogP contribution in [0.25, 0.3) is 0 Å². The van der Waals surface area contributed by atoms with Crippen molar-refractivity contribution < 1.29 is 4.79 Å². The van der Waals surface area contributed by atoms with Crippen LogP contribution in [-0.2, 0) is 11.2 Å².